The Balaban J connectivity index is 3.89. The van der Waals surface area contributed by atoms with E-state index >= 15 is 0 Å². The van der Waals surface area contributed by atoms with E-state index in [9.17, 15) is 26.3 Å². The van der Waals surface area contributed by atoms with Gasteiger partial charge in [-0.3, -0.25) is 0 Å². The fraction of sp³-hybridized carbons (Fsp3) is 0.760. The molecule has 0 atom stereocenters. The van der Waals surface area contributed by atoms with Gasteiger partial charge in [0.1, 0.15) is 0 Å². The summed E-state index contributed by atoms with van der Waals surface area (Å²) < 4.78 is 84.1. The van der Waals surface area contributed by atoms with E-state index in [0.29, 0.717) is 0 Å². The standard InChI is InChI=1S/C25H40F6Ge/c1-20(2,3)17-12-18(21(4,5)6)14-19(13-17)32(11,15-22(7,8)24(26,27)28)16-23(9,10)25(29,30)31/h12-14H,15-16H2,1-11H3. The zero-order valence-corrected chi connectivity index (χ0v) is 23.5. The Morgan fingerprint density at radius 1 is 0.562 bits per heavy atom. The van der Waals surface area contributed by atoms with Crippen LogP contribution in [0.2, 0.25) is 16.3 Å². The molecule has 186 valence electrons. The van der Waals surface area contributed by atoms with Crippen molar-refractivity contribution in [1.29, 1.82) is 0 Å². The summed E-state index contributed by atoms with van der Waals surface area (Å²) in [5, 5.41) is -0.514. The average Bonchev–Trinajstić information content (AvgIpc) is 2.49. The second kappa shape index (κ2) is 8.53. The summed E-state index contributed by atoms with van der Waals surface area (Å²) in [6.07, 6.45) is -8.98. The number of hydrogen-bond donors (Lipinski definition) is 0. The van der Waals surface area contributed by atoms with Crippen LogP contribution in [0.3, 0.4) is 0 Å². The van der Waals surface area contributed by atoms with Gasteiger partial charge in [0.25, 0.3) is 0 Å². The molecule has 1 aromatic carbocycles. The van der Waals surface area contributed by atoms with Gasteiger partial charge in [-0.2, -0.15) is 0 Å². The number of hydrogen-bond acceptors (Lipinski definition) is 0. The minimum atomic E-state index is -4.49. The number of benzene rings is 1. The zero-order valence-electron chi connectivity index (χ0n) is 21.4. The third kappa shape index (κ3) is 6.69. The summed E-state index contributed by atoms with van der Waals surface area (Å²) in [6, 6.07) is 5.85. The summed E-state index contributed by atoms with van der Waals surface area (Å²) >= 11 is -3.95. The summed E-state index contributed by atoms with van der Waals surface area (Å²) in [4.78, 5) is 0. The van der Waals surface area contributed by atoms with Gasteiger partial charge in [-0.05, 0) is 0 Å². The third-order valence-corrected chi connectivity index (χ3v) is 17.1. The molecule has 0 fully saturated rings. The van der Waals surface area contributed by atoms with E-state index in [2.05, 4.69) is 6.07 Å². The first-order valence-electron chi connectivity index (χ1n) is 11.0. The van der Waals surface area contributed by atoms with Crippen molar-refractivity contribution >= 4 is 17.7 Å². The molecule has 0 unspecified atom stereocenters. The van der Waals surface area contributed by atoms with Crippen molar-refractivity contribution in [3.8, 4) is 0 Å². The SMILES string of the molecule is CC(C)(C)c1cc(C(C)(C)C)c[c]([Ge]([CH3])([CH2]C(C)(C)C(F)(F)F)[CH2]C(C)(C)C(F)(F)F)c1. The van der Waals surface area contributed by atoms with Crippen molar-refractivity contribution in [1.82, 2.24) is 0 Å². The molecule has 0 heterocycles. The van der Waals surface area contributed by atoms with E-state index in [1.54, 1.807) is 5.76 Å². The monoisotopic (exact) mass is 528 g/mol. The Hall–Kier alpha value is -0.657. The molecule has 0 aromatic heterocycles. The number of rotatable bonds is 5. The maximum atomic E-state index is 13.9. The van der Waals surface area contributed by atoms with Crippen LogP contribution in [0.15, 0.2) is 18.2 Å². The van der Waals surface area contributed by atoms with Crippen LogP contribution in [0.4, 0.5) is 26.3 Å². The molecule has 7 heteroatoms. The molecule has 0 aliphatic heterocycles. The Morgan fingerprint density at radius 3 is 1.06 bits per heavy atom. The van der Waals surface area contributed by atoms with Gasteiger partial charge in [0.15, 0.2) is 0 Å². The Morgan fingerprint density at radius 2 is 0.844 bits per heavy atom. The molecule has 0 saturated heterocycles. The van der Waals surface area contributed by atoms with Gasteiger partial charge in [0.05, 0.1) is 0 Å². The maximum absolute atomic E-state index is 13.9. The van der Waals surface area contributed by atoms with Gasteiger partial charge in [-0.15, -0.1) is 0 Å². The second-order valence-corrected chi connectivity index (χ2v) is 22.2. The number of alkyl halides is 6. The zero-order chi connectivity index (χ0) is 25.8. The van der Waals surface area contributed by atoms with Crippen LogP contribution in [0, 0.1) is 10.8 Å². The normalized spacial score (nSPS) is 15.3. The van der Waals surface area contributed by atoms with Crippen LogP contribution in [-0.4, -0.2) is 25.6 Å². The average molecular weight is 527 g/mol. The van der Waals surface area contributed by atoms with Crippen LogP contribution >= 0.6 is 0 Å². The Bertz CT molecular complexity index is 741. The first kappa shape index (κ1) is 29.4. The predicted molar refractivity (Wildman–Crippen MR) is 124 cm³/mol. The fourth-order valence-corrected chi connectivity index (χ4v) is 16.5. The summed E-state index contributed by atoms with van der Waals surface area (Å²) in [6.45, 7) is 16.6. The topological polar surface area (TPSA) is 0 Å². The molecule has 0 radical (unpaired) electrons. The van der Waals surface area contributed by atoms with E-state index in [1.165, 1.54) is 0 Å². The van der Waals surface area contributed by atoms with E-state index in [0.717, 1.165) is 43.2 Å². The molecule has 0 aliphatic rings. The first-order chi connectivity index (χ1) is 13.7. The molecule has 1 rings (SSSR count). The fourth-order valence-electron chi connectivity index (χ4n) is 4.26. The molecule has 0 spiro atoms. The van der Waals surface area contributed by atoms with Gasteiger partial charge in [0, 0.05) is 0 Å². The van der Waals surface area contributed by atoms with Crippen LogP contribution < -0.4 is 4.40 Å². The second-order valence-electron chi connectivity index (χ2n) is 13.0. The van der Waals surface area contributed by atoms with Crippen LogP contribution in [-0.2, 0) is 10.8 Å². The Labute approximate surface area is 192 Å². The molecule has 0 aliphatic carbocycles. The van der Waals surface area contributed by atoms with Gasteiger partial charge in [-0.25, -0.2) is 0 Å². The molecule has 0 saturated carbocycles. The number of halogens is 6. The first-order valence-corrected chi connectivity index (χ1v) is 17.1. The molecular weight excluding hydrogens is 487 g/mol. The minimum absolute atomic E-state index is 0.257. The third-order valence-electron chi connectivity index (χ3n) is 6.56. The van der Waals surface area contributed by atoms with E-state index in [1.807, 2.05) is 53.7 Å². The molecular formula is C25H40F6Ge. The summed E-state index contributed by atoms with van der Waals surface area (Å²) in [7, 11) is 0. The van der Waals surface area contributed by atoms with Crippen molar-refractivity contribution in [2.24, 2.45) is 10.8 Å². The molecule has 0 N–H and O–H groups in total. The molecule has 0 nitrogen and oxygen atoms in total. The molecule has 1 aromatic rings. The van der Waals surface area contributed by atoms with Crippen molar-refractivity contribution in [3.05, 3.63) is 29.3 Å². The van der Waals surface area contributed by atoms with Crippen LogP contribution in [0.1, 0.15) is 80.4 Å². The van der Waals surface area contributed by atoms with Crippen molar-refractivity contribution in [3.63, 3.8) is 0 Å². The van der Waals surface area contributed by atoms with Gasteiger partial charge >= 0.3 is 193 Å². The van der Waals surface area contributed by atoms with Crippen LogP contribution in [0.25, 0.3) is 0 Å². The molecule has 0 amide bonds. The van der Waals surface area contributed by atoms with E-state index in [4.69, 9.17) is 0 Å². The van der Waals surface area contributed by atoms with E-state index < -0.39 is 36.4 Å². The summed E-state index contributed by atoms with van der Waals surface area (Å²) in [5.41, 5.74) is -2.79. The van der Waals surface area contributed by atoms with Crippen molar-refractivity contribution < 1.29 is 26.3 Å². The quantitative estimate of drug-likeness (QED) is 0.266. The van der Waals surface area contributed by atoms with Gasteiger partial charge in [-0.1, -0.05) is 0 Å². The predicted octanol–water partition coefficient (Wildman–Crippen LogP) is 8.74. The Kier molecular flexibility index (Phi) is 7.83. The van der Waals surface area contributed by atoms with Gasteiger partial charge in [0.2, 0.25) is 0 Å². The van der Waals surface area contributed by atoms with Crippen LogP contribution in [0.5, 0.6) is 0 Å². The van der Waals surface area contributed by atoms with E-state index in [-0.39, 0.29) is 21.3 Å². The summed E-state index contributed by atoms with van der Waals surface area (Å²) in [5.74, 6) is 1.75. The van der Waals surface area contributed by atoms with Crippen molar-refractivity contribution in [2.75, 3.05) is 0 Å². The van der Waals surface area contributed by atoms with Crippen molar-refractivity contribution in [2.45, 2.75) is 109 Å². The molecule has 0 bridgehead atoms. The van der Waals surface area contributed by atoms with Gasteiger partial charge < -0.3 is 0 Å². The molecule has 32 heavy (non-hydrogen) atoms.